The minimum Gasteiger partial charge on any atom is -0.0859 e. The van der Waals surface area contributed by atoms with Crippen LogP contribution in [-0.2, 0) is 0 Å². The smallest absolute Gasteiger partial charge is 0.0624 e. The highest BCUT2D eigenvalue weighted by atomic mass is 79.9. The van der Waals surface area contributed by atoms with Gasteiger partial charge in [-0.05, 0) is 36.8 Å². The van der Waals surface area contributed by atoms with E-state index in [4.69, 9.17) is 5.53 Å². The van der Waals surface area contributed by atoms with Gasteiger partial charge in [0.1, 0.15) is 0 Å². The second-order valence-corrected chi connectivity index (χ2v) is 5.28. The van der Waals surface area contributed by atoms with E-state index in [0.717, 1.165) is 19.3 Å². The first-order chi connectivity index (χ1) is 7.31. The van der Waals surface area contributed by atoms with Gasteiger partial charge in [-0.15, -0.1) is 0 Å². The van der Waals surface area contributed by atoms with Crippen molar-refractivity contribution in [2.24, 2.45) is 5.11 Å². The number of hydrogen-bond acceptors (Lipinski definition) is 1. The second-order valence-electron chi connectivity index (χ2n) is 4.10. The molecule has 0 saturated heterocycles. The van der Waals surface area contributed by atoms with Gasteiger partial charge >= 0.3 is 0 Å². The molecule has 0 saturated carbocycles. The van der Waals surface area contributed by atoms with Crippen LogP contribution in [0.1, 0.15) is 32.1 Å². The molecule has 0 bridgehead atoms. The van der Waals surface area contributed by atoms with Gasteiger partial charge in [-0.25, -0.2) is 0 Å². The van der Waals surface area contributed by atoms with Gasteiger partial charge in [-0.3, -0.25) is 0 Å². The SMILES string of the molecule is [N-]=[N+]=NC1CCCCC2=C1C=CC(Br)C2. The molecule has 3 nitrogen and oxygen atoms in total. The normalized spacial score (nSPS) is 30.5. The van der Waals surface area contributed by atoms with E-state index in [1.54, 1.807) is 0 Å². The van der Waals surface area contributed by atoms with Gasteiger partial charge in [0, 0.05) is 9.74 Å². The topological polar surface area (TPSA) is 48.8 Å². The summed E-state index contributed by atoms with van der Waals surface area (Å²) >= 11 is 3.61. The molecule has 0 heterocycles. The maximum absolute atomic E-state index is 8.55. The van der Waals surface area contributed by atoms with Crippen molar-refractivity contribution in [3.05, 3.63) is 33.7 Å². The van der Waals surface area contributed by atoms with Gasteiger partial charge in [0.25, 0.3) is 0 Å². The molecule has 0 aromatic heterocycles. The fourth-order valence-electron chi connectivity index (χ4n) is 2.35. The summed E-state index contributed by atoms with van der Waals surface area (Å²) in [6.45, 7) is 0. The van der Waals surface area contributed by atoms with Crippen molar-refractivity contribution in [3.63, 3.8) is 0 Å². The van der Waals surface area contributed by atoms with Crippen LogP contribution in [-0.4, -0.2) is 10.9 Å². The highest BCUT2D eigenvalue weighted by Gasteiger charge is 2.22. The number of azide groups is 1. The van der Waals surface area contributed by atoms with Crippen molar-refractivity contribution in [2.75, 3.05) is 0 Å². The Morgan fingerprint density at radius 1 is 1.47 bits per heavy atom. The van der Waals surface area contributed by atoms with Crippen LogP contribution < -0.4 is 0 Å². The van der Waals surface area contributed by atoms with Crippen molar-refractivity contribution in [1.29, 1.82) is 0 Å². The molecule has 0 spiro atoms. The van der Waals surface area contributed by atoms with Gasteiger partial charge < -0.3 is 0 Å². The summed E-state index contributed by atoms with van der Waals surface area (Å²) in [5.41, 5.74) is 11.3. The molecule has 2 aliphatic carbocycles. The maximum atomic E-state index is 8.55. The molecule has 2 atom stereocenters. The van der Waals surface area contributed by atoms with Crippen LogP contribution in [0.25, 0.3) is 10.4 Å². The number of alkyl halides is 1. The average Bonchev–Trinajstić information content (AvgIpc) is 2.41. The number of rotatable bonds is 1. The molecule has 2 aliphatic rings. The predicted molar refractivity (Wildman–Crippen MR) is 64.9 cm³/mol. The zero-order valence-corrected chi connectivity index (χ0v) is 10.2. The molecular weight excluding hydrogens is 254 g/mol. The van der Waals surface area contributed by atoms with Crippen LogP contribution in [0.3, 0.4) is 0 Å². The molecule has 0 aromatic rings. The third-order valence-electron chi connectivity index (χ3n) is 3.09. The highest BCUT2D eigenvalue weighted by Crippen LogP contribution is 2.34. The Bertz CT molecular complexity index is 353. The molecule has 2 rings (SSSR count). The Hall–Kier alpha value is -0.730. The summed E-state index contributed by atoms with van der Waals surface area (Å²) in [5, 5.41) is 3.91. The van der Waals surface area contributed by atoms with E-state index < -0.39 is 0 Å². The van der Waals surface area contributed by atoms with Crippen molar-refractivity contribution >= 4 is 15.9 Å². The van der Waals surface area contributed by atoms with Crippen LogP contribution in [0.2, 0.25) is 0 Å². The molecule has 0 aromatic carbocycles. The van der Waals surface area contributed by atoms with E-state index in [9.17, 15) is 0 Å². The van der Waals surface area contributed by atoms with Crippen LogP contribution in [0.5, 0.6) is 0 Å². The first-order valence-corrected chi connectivity index (χ1v) is 6.31. The van der Waals surface area contributed by atoms with Gasteiger partial charge in [-0.2, -0.15) is 0 Å². The standard InChI is InChI=1S/C11H14BrN3/c12-9-5-6-10-8(7-9)3-1-2-4-11(10)14-15-13/h5-6,9,11H,1-4,7H2. The summed E-state index contributed by atoms with van der Waals surface area (Å²) in [6, 6.07) is 0.0729. The lowest BCUT2D eigenvalue weighted by Gasteiger charge is -2.20. The van der Waals surface area contributed by atoms with Crippen LogP contribution in [0, 0.1) is 0 Å². The van der Waals surface area contributed by atoms with Crippen molar-refractivity contribution < 1.29 is 0 Å². The molecule has 0 amide bonds. The van der Waals surface area contributed by atoms with E-state index in [0.29, 0.717) is 4.83 Å². The van der Waals surface area contributed by atoms with Gasteiger partial charge in [0.15, 0.2) is 0 Å². The van der Waals surface area contributed by atoms with Gasteiger partial charge in [0.2, 0.25) is 0 Å². The van der Waals surface area contributed by atoms with Gasteiger partial charge in [-0.1, -0.05) is 45.2 Å². The largest absolute Gasteiger partial charge is 0.0859 e. The third kappa shape index (κ3) is 2.44. The summed E-state index contributed by atoms with van der Waals surface area (Å²) < 4.78 is 0. The zero-order chi connectivity index (χ0) is 10.7. The summed E-state index contributed by atoms with van der Waals surface area (Å²) in [5.74, 6) is 0. The quantitative estimate of drug-likeness (QED) is 0.295. The lowest BCUT2D eigenvalue weighted by Crippen LogP contribution is -2.12. The Morgan fingerprint density at radius 2 is 2.33 bits per heavy atom. The summed E-state index contributed by atoms with van der Waals surface area (Å²) in [7, 11) is 0. The summed E-state index contributed by atoms with van der Waals surface area (Å²) in [6.07, 6.45) is 9.93. The molecule has 0 fully saturated rings. The number of nitrogens with zero attached hydrogens (tertiary/aromatic N) is 3. The number of hydrogen-bond donors (Lipinski definition) is 0. The van der Waals surface area contributed by atoms with Gasteiger partial charge in [0.05, 0.1) is 6.04 Å². The van der Waals surface area contributed by atoms with Crippen LogP contribution in [0.4, 0.5) is 0 Å². The Kier molecular flexibility index (Phi) is 3.49. The minimum absolute atomic E-state index is 0.0729. The molecule has 80 valence electrons. The summed E-state index contributed by atoms with van der Waals surface area (Å²) in [4.78, 5) is 3.42. The lowest BCUT2D eigenvalue weighted by molar-refractivity contribution is 0.644. The fraction of sp³-hybridized carbons (Fsp3) is 0.636. The Balaban J connectivity index is 2.30. The van der Waals surface area contributed by atoms with Crippen molar-refractivity contribution in [1.82, 2.24) is 0 Å². The molecule has 15 heavy (non-hydrogen) atoms. The zero-order valence-electron chi connectivity index (χ0n) is 8.56. The van der Waals surface area contributed by atoms with E-state index in [-0.39, 0.29) is 6.04 Å². The van der Waals surface area contributed by atoms with E-state index in [1.165, 1.54) is 24.0 Å². The van der Waals surface area contributed by atoms with E-state index in [1.807, 2.05) is 0 Å². The number of halogens is 1. The monoisotopic (exact) mass is 267 g/mol. The first kappa shape index (κ1) is 10.8. The molecular formula is C11H14BrN3. The van der Waals surface area contributed by atoms with Crippen LogP contribution in [0.15, 0.2) is 28.4 Å². The lowest BCUT2D eigenvalue weighted by atomic mass is 9.92. The minimum atomic E-state index is 0.0729. The average molecular weight is 268 g/mol. The van der Waals surface area contributed by atoms with Crippen molar-refractivity contribution in [2.45, 2.75) is 43.0 Å². The number of allylic oxidation sites excluding steroid dienone is 2. The molecule has 2 unspecified atom stereocenters. The molecule has 0 N–H and O–H groups in total. The van der Waals surface area contributed by atoms with Crippen LogP contribution >= 0.6 is 15.9 Å². The maximum Gasteiger partial charge on any atom is 0.0624 e. The van der Waals surface area contributed by atoms with E-state index in [2.05, 4.69) is 38.1 Å². The molecule has 0 radical (unpaired) electrons. The van der Waals surface area contributed by atoms with E-state index >= 15 is 0 Å². The third-order valence-corrected chi connectivity index (χ3v) is 3.72. The first-order valence-electron chi connectivity index (χ1n) is 5.39. The predicted octanol–water partition coefficient (Wildman–Crippen LogP) is 4.26. The molecule has 4 heteroatoms. The Morgan fingerprint density at radius 3 is 3.13 bits per heavy atom. The van der Waals surface area contributed by atoms with Crippen molar-refractivity contribution in [3.8, 4) is 0 Å². The second kappa shape index (κ2) is 4.86. The Labute approximate surface area is 98.0 Å². The highest BCUT2D eigenvalue weighted by molar-refractivity contribution is 9.09. The fourth-order valence-corrected chi connectivity index (χ4v) is 2.90. The molecule has 0 aliphatic heterocycles.